The van der Waals surface area contributed by atoms with Gasteiger partial charge < -0.3 is 15.2 Å². The second-order valence-electron chi connectivity index (χ2n) is 6.21. The highest BCUT2D eigenvalue weighted by Crippen LogP contribution is 2.25. The molecule has 0 spiro atoms. The lowest BCUT2D eigenvalue weighted by Crippen LogP contribution is -2.31. The number of carbonyl (C=O) groups excluding carboxylic acids is 2. The maximum Gasteiger partial charge on any atom is 0.412 e. The molecule has 1 amide bonds. The van der Waals surface area contributed by atoms with E-state index >= 15 is 0 Å². The van der Waals surface area contributed by atoms with Crippen molar-refractivity contribution < 1.29 is 19.1 Å². The molecule has 148 valence electrons. The Morgan fingerprint density at radius 3 is 2.36 bits per heavy atom. The van der Waals surface area contributed by atoms with Gasteiger partial charge in [-0.05, 0) is 25.5 Å². The number of nitrogens with one attached hydrogen (secondary N) is 1. The van der Waals surface area contributed by atoms with Crippen LogP contribution in [-0.2, 0) is 16.1 Å². The van der Waals surface area contributed by atoms with Crippen LogP contribution in [0, 0.1) is 0 Å². The summed E-state index contributed by atoms with van der Waals surface area (Å²) in [5.74, 6) is -0.411. The Balaban J connectivity index is 2.10. The number of benzene rings is 2. The minimum atomic E-state index is -0.795. The summed E-state index contributed by atoms with van der Waals surface area (Å²) in [7, 11) is 1.59. The highest BCUT2D eigenvalue weighted by Gasteiger charge is 2.20. The molecule has 0 aliphatic carbocycles. The number of alkyl carbamates (subject to hydrolysis) is 1. The molecule has 0 radical (unpaired) electrons. The predicted octanol–water partition coefficient (Wildman–Crippen LogP) is 4.35. The van der Waals surface area contributed by atoms with Crippen molar-refractivity contribution in [1.82, 2.24) is 5.32 Å². The van der Waals surface area contributed by atoms with Gasteiger partial charge in [0, 0.05) is 29.0 Å². The number of ketones is 1. The zero-order chi connectivity index (χ0) is 20.7. The zero-order valence-corrected chi connectivity index (χ0v) is 16.7. The van der Waals surface area contributed by atoms with Gasteiger partial charge in [0.25, 0.3) is 0 Å². The number of methoxy groups -OCH3 is 1. The molecule has 0 aromatic heterocycles. The van der Waals surface area contributed by atoms with Crippen molar-refractivity contribution in [3.05, 3.63) is 81.6 Å². The van der Waals surface area contributed by atoms with Crippen molar-refractivity contribution in [2.24, 2.45) is 5.73 Å². The Hall–Kier alpha value is -2.83. The number of nitrogens with two attached hydrogens (primary N) is 1. The molecule has 0 saturated heterocycles. The predicted molar refractivity (Wildman–Crippen MR) is 108 cm³/mol. The smallest absolute Gasteiger partial charge is 0.412 e. The number of amides is 1. The van der Waals surface area contributed by atoms with Gasteiger partial charge in [-0.2, -0.15) is 0 Å². The molecule has 2 aromatic carbocycles. The van der Waals surface area contributed by atoms with E-state index in [2.05, 4.69) is 5.32 Å². The van der Waals surface area contributed by atoms with Crippen molar-refractivity contribution in [1.29, 1.82) is 0 Å². The summed E-state index contributed by atoms with van der Waals surface area (Å²) in [4.78, 5) is 25.0. The summed E-state index contributed by atoms with van der Waals surface area (Å²) >= 11 is 6.12. The number of hydrogen-bond acceptors (Lipinski definition) is 5. The summed E-state index contributed by atoms with van der Waals surface area (Å²) < 4.78 is 10.4. The molecular weight excluding hydrogens is 380 g/mol. The summed E-state index contributed by atoms with van der Waals surface area (Å²) in [5.41, 5.74) is 7.93. The van der Waals surface area contributed by atoms with E-state index in [1.54, 1.807) is 62.6 Å². The first-order valence-electron chi connectivity index (χ1n) is 8.64. The highest BCUT2D eigenvalue weighted by atomic mass is 35.5. The highest BCUT2D eigenvalue weighted by molar-refractivity contribution is 6.31. The minimum Gasteiger partial charge on any atom is -0.441 e. The largest absolute Gasteiger partial charge is 0.441 e. The van der Waals surface area contributed by atoms with Crippen LogP contribution < -0.4 is 11.1 Å². The van der Waals surface area contributed by atoms with E-state index in [1.807, 2.05) is 0 Å². The van der Waals surface area contributed by atoms with Crippen molar-refractivity contribution in [2.45, 2.75) is 26.6 Å². The van der Waals surface area contributed by atoms with Gasteiger partial charge in [-0.25, -0.2) is 4.79 Å². The number of rotatable bonds is 7. The molecule has 6 nitrogen and oxygen atoms in total. The molecule has 1 unspecified atom stereocenters. The first-order chi connectivity index (χ1) is 13.3. The molecule has 0 bridgehead atoms. The molecular formula is C21H23ClN2O4. The third-order valence-corrected chi connectivity index (χ3v) is 4.35. The van der Waals surface area contributed by atoms with Crippen LogP contribution in [0.5, 0.6) is 0 Å². The fraction of sp³-hybridized carbons (Fsp3) is 0.238. The normalized spacial score (nSPS) is 12.7. The number of hydrogen-bond donors (Lipinski definition) is 2. The monoisotopic (exact) mass is 402 g/mol. The van der Waals surface area contributed by atoms with Crippen LogP contribution in [0.25, 0.3) is 0 Å². The maximum absolute atomic E-state index is 12.7. The van der Waals surface area contributed by atoms with Gasteiger partial charge in [0.1, 0.15) is 11.8 Å². The molecule has 0 aliphatic rings. The molecule has 0 aliphatic heterocycles. The molecule has 0 heterocycles. The van der Waals surface area contributed by atoms with E-state index < -0.39 is 18.0 Å². The Morgan fingerprint density at radius 1 is 1.14 bits per heavy atom. The molecule has 1 atom stereocenters. The van der Waals surface area contributed by atoms with Crippen LogP contribution in [0.4, 0.5) is 4.79 Å². The van der Waals surface area contributed by atoms with Crippen LogP contribution in [0.3, 0.4) is 0 Å². The quantitative estimate of drug-likeness (QED) is 0.530. The first-order valence-corrected chi connectivity index (χ1v) is 9.02. The van der Waals surface area contributed by atoms with Gasteiger partial charge in [-0.1, -0.05) is 54.1 Å². The van der Waals surface area contributed by atoms with Crippen molar-refractivity contribution in [3.63, 3.8) is 0 Å². The van der Waals surface area contributed by atoms with E-state index in [1.165, 1.54) is 6.92 Å². The fourth-order valence-corrected chi connectivity index (χ4v) is 2.85. The summed E-state index contributed by atoms with van der Waals surface area (Å²) in [5, 5.41) is 2.94. The second-order valence-corrected chi connectivity index (χ2v) is 6.62. The van der Waals surface area contributed by atoms with E-state index in [4.69, 9.17) is 26.8 Å². The lowest BCUT2D eigenvalue weighted by molar-refractivity contribution is 0.0975. The first kappa shape index (κ1) is 21.5. The van der Waals surface area contributed by atoms with Crippen LogP contribution in [0.15, 0.2) is 59.9 Å². The Bertz CT molecular complexity index is 874. The zero-order valence-electron chi connectivity index (χ0n) is 16.0. The average molecular weight is 403 g/mol. The lowest BCUT2D eigenvalue weighted by Gasteiger charge is -2.17. The van der Waals surface area contributed by atoms with Crippen molar-refractivity contribution >= 4 is 23.5 Å². The molecule has 0 fully saturated rings. The fourth-order valence-electron chi connectivity index (χ4n) is 2.56. The van der Waals surface area contributed by atoms with E-state index in [9.17, 15) is 9.59 Å². The van der Waals surface area contributed by atoms with Gasteiger partial charge >= 0.3 is 6.09 Å². The molecule has 7 heteroatoms. The molecule has 3 N–H and O–H groups in total. The lowest BCUT2D eigenvalue weighted by atomic mass is 10.1. The van der Waals surface area contributed by atoms with E-state index in [0.717, 1.165) is 5.56 Å². The number of ether oxygens (including phenoxy) is 2. The third-order valence-electron chi connectivity index (χ3n) is 4.00. The van der Waals surface area contributed by atoms with Crippen LogP contribution in [-0.4, -0.2) is 19.0 Å². The maximum atomic E-state index is 12.7. The second kappa shape index (κ2) is 9.92. The Labute approximate surface area is 169 Å². The van der Waals surface area contributed by atoms with Crippen molar-refractivity contribution in [3.8, 4) is 0 Å². The Kier molecular flexibility index (Phi) is 7.61. The summed E-state index contributed by atoms with van der Waals surface area (Å²) in [6, 6.07) is 13.9. The van der Waals surface area contributed by atoms with Crippen LogP contribution >= 0.6 is 11.6 Å². The molecule has 2 aromatic rings. The number of Topliss-reactive ketones (excluding diaryl/α,β-unsaturated/α-hetero) is 1. The van der Waals surface area contributed by atoms with E-state index in [0.29, 0.717) is 22.8 Å². The molecule has 0 saturated carbocycles. The number of allylic oxidation sites excluding steroid dienone is 2. The summed E-state index contributed by atoms with van der Waals surface area (Å²) in [6.07, 6.45) is -1.40. The molecule has 28 heavy (non-hydrogen) atoms. The SMILES string of the molecule is COCc1ccc(C(=O)C(NC(=O)OC(C)c2ccccc2Cl)=C(C)N)cc1. The number of carbonyl (C=O) groups is 2. The molecule has 2 rings (SSSR count). The topological polar surface area (TPSA) is 90.6 Å². The average Bonchev–Trinajstić information content (AvgIpc) is 2.66. The summed E-state index contributed by atoms with van der Waals surface area (Å²) in [6.45, 7) is 3.66. The van der Waals surface area contributed by atoms with Gasteiger partial charge in [-0.3, -0.25) is 10.1 Å². The van der Waals surface area contributed by atoms with Gasteiger partial charge in [0.05, 0.1) is 6.61 Å². The van der Waals surface area contributed by atoms with Crippen LogP contribution in [0.1, 0.15) is 41.4 Å². The third kappa shape index (κ3) is 5.58. The minimum absolute atomic E-state index is 0.0316. The van der Waals surface area contributed by atoms with Gasteiger partial charge in [0.2, 0.25) is 5.78 Å². The van der Waals surface area contributed by atoms with E-state index in [-0.39, 0.29) is 11.4 Å². The van der Waals surface area contributed by atoms with Gasteiger partial charge in [-0.15, -0.1) is 0 Å². The van der Waals surface area contributed by atoms with Gasteiger partial charge in [0.15, 0.2) is 0 Å². The van der Waals surface area contributed by atoms with Crippen molar-refractivity contribution in [2.75, 3.05) is 7.11 Å². The Morgan fingerprint density at radius 2 is 1.79 bits per heavy atom. The van der Waals surface area contributed by atoms with Crippen LogP contribution in [0.2, 0.25) is 5.02 Å². The number of halogens is 1. The standard InChI is InChI=1S/C21H23ClN2O4/c1-13(23)19(20(25)16-10-8-15(9-11-16)12-27-3)24-21(26)28-14(2)17-6-4-5-7-18(17)22/h4-11,14H,12,23H2,1-3H3,(H,24,26).